The molecule has 0 aromatic heterocycles. The van der Waals surface area contributed by atoms with Gasteiger partial charge in [0.25, 0.3) is 5.91 Å². The highest BCUT2D eigenvalue weighted by atomic mass is 16.5. The minimum atomic E-state index is -1.10. The van der Waals surface area contributed by atoms with Crippen LogP contribution >= 0.6 is 0 Å². The van der Waals surface area contributed by atoms with Gasteiger partial charge < -0.3 is 20.7 Å². The van der Waals surface area contributed by atoms with Crippen LogP contribution in [0.15, 0.2) is 54.6 Å². The van der Waals surface area contributed by atoms with Gasteiger partial charge in [-0.1, -0.05) is 44.2 Å². The molecule has 0 aliphatic carbocycles. The number of hydrogen-bond acceptors (Lipinski definition) is 5. The van der Waals surface area contributed by atoms with Crippen LogP contribution in [0, 0.1) is 5.92 Å². The molecule has 2 rings (SSSR count). The third-order valence-electron chi connectivity index (χ3n) is 4.44. The predicted octanol–water partition coefficient (Wildman–Crippen LogP) is 3.61. The average molecular weight is 425 g/mol. The van der Waals surface area contributed by atoms with E-state index in [9.17, 15) is 19.2 Å². The first kappa shape index (κ1) is 23.6. The van der Waals surface area contributed by atoms with Gasteiger partial charge in [0, 0.05) is 16.9 Å². The fourth-order valence-corrected chi connectivity index (χ4v) is 2.69. The molecular weight excluding hydrogens is 398 g/mol. The number of ether oxygens (including phenoxy) is 1. The molecule has 8 nitrogen and oxygen atoms in total. The van der Waals surface area contributed by atoms with Crippen LogP contribution in [0.25, 0.3) is 0 Å². The minimum Gasteiger partial charge on any atom is -0.451 e. The molecule has 2 aromatic carbocycles. The van der Waals surface area contributed by atoms with Crippen LogP contribution in [0.2, 0.25) is 0 Å². The Kier molecular flexibility index (Phi) is 8.31. The third-order valence-corrected chi connectivity index (χ3v) is 4.44. The Bertz CT molecular complexity index is 943. The molecule has 0 aliphatic heterocycles. The molecule has 3 amide bonds. The van der Waals surface area contributed by atoms with Crippen LogP contribution in [0.1, 0.15) is 38.1 Å². The molecule has 2 atom stereocenters. The van der Waals surface area contributed by atoms with Gasteiger partial charge in [-0.3, -0.25) is 9.59 Å². The van der Waals surface area contributed by atoms with Crippen LogP contribution in [-0.4, -0.2) is 35.8 Å². The monoisotopic (exact) mass is 425 g/mol. The van der Waals surface area contributed by atoms with Gasteiger partial charge in [0.1, 0.15) is 6.04 Å². The molecule has 0 saturated carbocycles. The van der Waals surface area contributed by atoms with E-state index in [0.29, 0.717) is 16.9 Å². The van der Waals surface area contributed by atoms with Crippen molar-refractivity contribution in [2.75, 3.05) is 10.6 Å². The second-order valence-electron chi connectivity index (χ2n) is 7.39. The Morgan fingerprint density at radius 3 is 2.10 bits per heavy atom. The topological polar surface area (TPSA) is 114 Å². The number of Topliss-reactive ketones (excluding diaryl/α,β-unsaturated/α-hetero) is 1. The van der Waals surface area contributed by atoms with E-state index in [2.05, 4.69) is 16.0 Å². The molecule has 0 spiro atoms. The van der Waals surface area contributed by atoms with Gasteiger partial charge in [0.2, 0.25) is 0 Å². The van der Waals surface area contributed by atoms with Crippen molar-refractivity contribution in [1.29, 1.82) is 0 Å². The molecule has 2 aromatic rings. The zero-order valence-electron chi connectivity index (χ0n) is 18.0. The van der Waals surface area contributed by atoms with Crippen molar-refractivity contribution in [3.8, 4) is 0 Å². The molecule has 0 fully saturated rings. The number of ketones is 1. The SMILES string of the molecule is CC(=O)c1cccc(NC(=O)[C@@H](C)OC(=O)[C@H](NC(=O)Nc2ccccc2)C(C)C)c1. The summed E-state index contributed by atoms with van der Waals surface area (Å²) >= 11 is 0. The van der Waals surface area contributed by atoms with E-state index in [1.54, 1.807) is 62.4 Å². The van der Waals surface area contributed by atoms with Crippen molar-refractivity contribution in [2.45, 2.75) is 39.8 Å². The van der Waals surface area contributed by atoms with E-state index >= 15 is 0 Å². The number of carbonyl (C=O) groups is 4. The quantitative estimate of drug-likeness (QED) is 0.442. The first-order chi connectivity index (χ1) is 14.7. The van der Waals surface area contributed by atoms with Gasteiger partial charge in [-0.15, -0.1) is 0 Å². The summed E-state index contributed by atoms with van der Waals surface area (Å²) in [4.78, 5) is 48.7. The molecule has 31 heavy (non-hydrogen) atoms. The van der Waals surface area contributed by atoms with E-state index in [1.807, 2.05) is 6.07 Å². The first-order valence-electron chi connectivity index (χ1n) is 9.92. The highest BCUT2D eigenvalue weighted by Gasteiger charge is 2.29. The second kappa shape index (κ2) is 10.9. The Balaban J connectivity index is 1.96. The summed E-state index contributed by atoms with van der Waals surface area (Å²) in [5.74, 6) is -1.67. The van der Waals surface area contributed by atoms with Crippen molar-refractivity contribution >= 4 is 35.1 Å². The van der Waals surface area contributed by atoms with Gasteiger partial charge in [0.05, 0.1) is 0 Å². The number of para-hydroxylation sites is 1. The molecular formula is C23H27N3O5. The number of hydrogen-bond donors (Lipinski definition) is 3. The number of nitrogens with one attached hydrogen (secondary N) is 3. The fraction of sp³-hybridized carbons (Fsp3) is 0.304. The number of urea groups is 1. The highest BCUT2D eigenvalue weighted by molar-refractivity contribution is 5.99. The zero-order valence-corrected chi connectivity index (χ0v) is 18.0. The minimum absolute atomic E-state index is 0.129. The van der Waals surface area contributed by atoms with Crippen LogP contribution < -0.4 is 16.0 Å². The largest absolute Gasteiger partial charge is 0.451 e. The summed E-state index contributed by atoms with van der Waals surface area (Å²) < 4.78 is 5.28. The van der Waals surface area contributed by atoms with Gasteiger partial charge in [-0.2, -0.15) is 0 Å². The molecule has 0 saturated heterocycles. The summed E-state index contributed by atoms with van der Waals surface area (Å²) in [5, 5.41) is 7.84. The van der Waals surface area contributed by atoms with Crippen molar-refractivity contribution in [3.63, 3.8) is 0 Å². The number of rotatable bonds is 8. The molecule has 0 radical (unpaired) electrons. The van der Waals surface area contributed by atoms with Crippen LogP contribution in [0.5, 0.6) is 0 Å². The van der Waals surface area contributed by atoms with E-state index in [4.69, 9.17) is 4.74 Å². The number of amides is 3. The fourth-order valence-electron chi connectivity index (χ4n) is 2.69. The number of esters is 1. The average Bonchev–Trinajstić information content (AvgIpc) is 2.72. The summed E-state index contributed by atoms with van der Waals surface area (Å²) in [7, 11) is 0. The second-order valence-corrected chi connectivity index (χ2v) is 7.39. The number of carbonyl (C=O) groups excluding carboxylic acids is 4. The van der Waals surface area contributed by atoms with E-state index in [1.165, 1.54) is 13.8 Å². The summed E-state index contributed by atoms with van der Waals surface area (Å²) in [6, 6.07) is 13.8. The Morgan fingerprint density at radius 2 is 1.48 bits per heavy atom. The van der Waals surface area contributed by atoms with E-state index in [-0.39, 0.29) is 11.7 Å². The zero-order chi connectivity index (χ0) is 23.0. The van der Waals surface area contributed by atoms with E-state index in [0.717, 1.165) is 0 Å². The third kappa shape index (κ3) is 7.26. The normalized spacial score (nSPS) is 12.4. The van der Waals surface area contributed by atoms with Crippen LogP contribution in [0.3, 0.4) is 0 Å². The standard InChI is InChI=1S/C23H27N3O5/c1-14(2)20(26-23(30)25-18-10-6-5-7-11-18)22(29)31-16(4)21(28)24-19-12-8-9-17(13-19)15(3)27/h5-14,16,20H,1-4H3,(H,24,28)(H2,25,26,30)/t16-,20-/m1/s1. The molecule has 164 valence electrons. The van der Waals surface area contributed by atoms with Gasteiger partial charge in [-0.05, 0) is 44.0 Å². The lowest BCUT2D eigenvalue weighted by Gasteiger charge is -2.23. The van der Waals surface area contributed by atoms with Crippen molar-refractivity contribution < 1.29 is 23.9 Å². The molecule has 3 N–H and O–H groups in total. The molecule has 0 heterocycles. The first-order valence-corrected chi connectivity index (χ1v) is 9.92. The lowest BCUT2D eigenvalue weighted by molar-refractivity contribution is -0.156. The van der Waals surface area contributed by atoms with Gasteiger partial charge in [-0.25, -0.2) is 9.59 Å². The summed E-state index contributed by atoms with van der Waals surface area (Å²) in [6.45, 7) is 6.38. The number of anilines is 2. The Labute approximate surface area is 181 Å². The van der Waals surface area contributed by atoms with Crippen molar-refractivity contribution in [2.24, 2.45) is 5.92 Å². The maximum Gasteiger partial charge on any atom is 0.329 e. The summed E-state index contributed by atoms with van der Waals surface area (Å²) in [5.41, 5.74) is 1.45. The predicted molar refractivity (Wildman–Crippen MR) is 118 cm³/mol. The Morgan fingerprint density at radius 1 is 0.839 bits per heavy atom. The number of benzene rings is 2. The van der Waals surface area contributed by atoms with E-state index < -0.39 is 30.1 Å². The van der Waals surface area contributed by atoms with Gasteiger partial charge >= 0.3 is 12.0 Å². The van der Waals surface area contributed by atoms with Crippen LogP contribution in [0.4, 0.5) is 16.2 Å². The molecule has 0 unspecified atom stereocenters. The smallest absolute Gasteiger partial charge is 0.329 e. The lowest BCUT2D eigenvalue weighted by atomic mass is 10.0. The molecule has 0 bridgehead atoms. The highest BCUT2D eigenvalue weighted by Crippen LogP contribution is 2.13. The molecule has 8 heteroatoms. The van der Waals surface area contributed by atoms with Crippen molar-refractivity contribution in [3.05, 3.63) is 60.2 Å². The lowest BCUT2D eigenvalue weighted by Crippen LogP contribution is -2.48. The maximum atomic E-state index is 12.6. The summed E-state index contributed by atoms with van der Waals surface area (Å²) in [6.07, 6.45) is -1.10. The van der Waals surface area contributed by atoms with Gasteiger partial charge in [0.15, 0.2) is 11.9 Å². The van der Waals surface area contributed by atoms with Crippen molar-refractivity contribution in [1.82, 2.24) is 5.32 Å². The molecule has 0 aliphatic rings. The van der Waals surface area contributed by atoms with Crippen LogP contribution in [-0.2, 0) is 14.3 Å². The Hall–Kier alpha value is -3.68. The maximum absolute atomic E-state index is 12.6.